The molecule has 1 atom stereocenters. The first-order chi connectivity index (χ1) is 6.72. The molecule has 0 amide bonds. The van der Waals surface area contributed by atoms with Gasteiger partial charge in [0.25, 0.3) is 0 Å². The van der Waals surface area contributed by atoms with Crippen LogP contribution in [0.3, 0.4) is 0 Å². The van der Waals surface area contributed by atoms with Crippen LogP contribution in [-0.2, 0) is 9.59 Å². The Bertz CT molecular complexity index is 232. The third-order valence-electron chi connectivity index (χ3n) is 1.81. The Hall–Kier alpha value is -0.710. The Morgan fingerprint density at radius 2 is 1.80 bits per heavy atom. The van der Waals surface area contributed by atoms with Gasteiger partial charge in [0.15, 0.2) is 0 Å². The van der Waals surface area contributed by atoms with E-state index in [1.807, 2.05) is 0 Å². The number of hydrogen-bond acceptors (Lipinski definition) is 3. The van der Waals surface area contributed by atoms with Crippen molar-refractivity contribution < 1.29 is 19.8 Å². The fourth-order valence-electron chi connectivity index (χ4n) is 0.883. The molecular formula is C10H18O4S. The summed E-state index contributed by atoms with van der Waals surface area (Å²) >= 11 is 1.20. The Balaban J connectivity index is 3.98. The molecule has 0 heterocycles. The molecule has 0 radical (unpaired) electrons. The second kappa shape index (κ2) is 6.00. The van der Waals surface area contributed by atoms with E-state index >= 15 is 0 Å². The molecule has 0 spiro atoms. The lowest BCUT2D eigenvalue weighted by Crippen LogP contribution is -2.21. The first kappa shape index (κ1) is 14.3. The van der Waals surface area contributed by atoms with Gasteiger partial charge in [-0.2, -0.15) is 0 Å². The number of aliphatic carboxylic acids is 2. The summed E-state index contributed by atoms with van der Waals surface area (Å²) in [6.07, 6.45) is 0.561. The molecule has 0 saturated carbocycles. The smallest absolute Gasteiger partial charge is 0.317 e. The molecule has 0 aliphatic carbocycles. The van der Waals surface area contributed by atoms with Gasteiger partial charge in [-0.1, -0.05) is 20.8 Å². The van der Waals surface area contributed by atoms with Crippen molar-refractivity contribution in [2.24, 2.45) is 5.41 Å². The van der Waals surface area contributed by atoms with Crippen molar-refractivity contribution >= 4 is 23.7 Å². The largest absolute Gasteiger partial charge is 0.481 e. The fourth-order valence-corrected chi connectivity index (χ4v) is 2.30. The van der Waals surface area contributed by atoms with Gasteiger partial charge in [-0.3, -0.25) is 9.59 Å². The highest BCUT2D eigenvalue weighted by Crippen LogP contribution is 2.24. The summed E-state index contributed by atoms with van der Waals surface area (Å²) in [6, 6.07) is 0. The number of carbonyl (C=O) groups is 2. The van der Waals surface area contributed by atoms with Crippen LogP contribution >= 0.6 is 11.8 Å². The first-order valence-electron chi connectivity index (χ1n) is 4.78. The summed E-state index contributed by atoms with van der Waals surface area (Å²) in [5.74, 6) is -1.43. The van der Waals surface area contributed by atoms with Crippen LogP contribution in [0.1, 0.15) is 33.6 Å². The van der Waals surface area contributed by atoms with E-state index in [1.54, 1.807) is 0 Å². The van der Waals surface area contributed by atoms with Crippen LogP contribution in [0.5, 0.6) is 0 Å². The van der Waals surface area contributed by atoms with Gasteiger partial charge < -0.3 is 10.2 Å². The van der Waals surface area contributed by atoms with Crippen LogP contribution in [0.15, 0.2) is 0 Å². The zero-order valence-electron chi connectivity index (χ0n) is 9.32. The Morgan fingerprint density at radius 3 is 2.13 bits per heavy atom. The highest BCUT2D eigenvalue weighted by Gasteiger charge is 2.22. The lowest BCUT2D eigenvalue weighted by molar-refractivity contribution is -0.142. The van der Waals surface area contributed by atoms with E-state index in [0.717, 1.165) is 6.42 Å². The molecule has 4 nitrogen and oxygen atoms in total. The SMILES string of the molecule is CC(C)(C)CCSC(CC(=O)O)C(=O)O. The Morgan fingerprint density at radius 1 is 1.27 bits per heavy atom. The topological polar surface area (TPSA) is 74.6 Å². The molecule has 0 fully saturated rings. The van der Waals surface area contributed by atoms with Gasteiger partial charge in [0.05, 0.1) is 6.42 Å². The van der Waals surface area contributed by atoms with E-state index in [2.05, 4.69) is 20.8 Å². The van der Waals surface area contributed by atoms with Crippen molar-refractivity contribution in [3.63, 3.8) is 0 Å². The van der Waals surface area contributed by atoms with E-state index < -0.39 is 17.2 Å². The van der Waals surface area contributed by atoms with Gasteiger partial charge in [-0.05, 0) is 17.6 Å². The predicted octanol–water partition coefficient (Wildman–Crippen LogP) is 2.08. The number of rotatable bonds is 6. The minimum atomic E-state index is -1.06. The molecular weight excluding hydrogens is 216 g/mol. The summed E-state index contributed by atoms with van der Waals surface area (Å²) in [5.41, 5.74) is 0.152. The van der Waals surface area contributed by atoms with Crippen molar-refractivity contribution in [1.82, 2.24) is 0 Å². The van der Waals surface area contributed by atoms with Crippen molar-refractivity contribution in [3.05, 3.63) is 0 Å². The molecule has 0 aliphatic heterocycles. The predicted molar refractivity (Wildman–Crippen MR) is 60.2 cm³/mol. The monoisotopic (exact) mass is 234 g/mol. The quantitative estimate of drug-likeness (QED) is 0.736. The molecule has 0 aliphatic rings. The first-order valence-corrected chi connectivity index (χ1v) is 5.83. The molecule has 5 heteroatoms. The molecule has 88 valence electrons. The van der Waals surface area contributed by atoms with Crippen LogP contribution < -0.4 is 0 Å². The van der Waals surface area contributed by atoms with Gasteiger partial charge in [0, 0.05) is 0 Å². The highest BCUT2D eigenvalue weighted by atomic mass is 32.2. The van der Waals surface area contributed by atoms with Gasteiger partial charge in [-0.15, -0.1) is 11.8 Å². The maximum Gasteiger partial charge on any atom is 0.317 e. The standard InChI is InChI=1S/C10H18O4S/c1-10(2,3)4-5-15-7(9(13)14)6-8(11)12/h7H,4-6H2,1-3H3,(H,11,12)(H,13,14). The van der Waals surface area contributed by atoms with E-state index in [-0.39, 0.29) is 11.8 Å². The number of hydrogen-bond donors (Lipinski definition) is 2. The van der Waals surface area contributed by atoms with Crippen molar-refractivity contribution in [3.8, 4) is 0 Å². The van der Waals surface area contributed by atoms with Crippen molar-refractivity contribution in [2.45, 2.75) is 38.9 Å². The Kier molecular flexibility index (Phi) is 5.72. The lowest BCUT2D eigenvalue weighted by Gasteiger charge is -2.18. The van der Waals surface area contributed by atoms with Gasteiger partial charge in [0.2, 0.25) is 0 Å². The molecule has 1 unspecified atom stereocenters. The number of carboxylic acids is 2. The number of carboxylic acid groups (broad SMARTS) is 2. The summed E-state index contributed by atoms with van der Waals surface area (Å²) in [7, 11) is 0. The van der Waals surface area contributed by atoms with Crippen molar-refractivity contribution in [2.75, 3.05) is 5.75 Å². The minimum absolute atomic E-state index is 0.152. The van der Waals surface area contributed by atoms with E-state index in [9.17, 15) is 9.59 Å². The van der Waals surface area contributed by atoms with Crippen LogP contribution in [-0.4, -0.2) is 33.2 Å². The third-order valence-corrected chi connectivity index (χ3v) is 3.02. The molecule has 0 rings (SSSR count). The average molecular weight is 234 g/mol. The second-order valence-electron chi connectivity index (χ2n) is 4.61. The summed E-state index contributed by atoms with van der Waals surface area (Å²) in [5, 5.41) is 16.5. The Labute approximate surface area is 94.1 Å². The highest BCUT2D eigenvalue weighted by molar-refractivity contribution is 8.00. The maximum atomic E-state index is 10.7. The molecule has 0 aromatic heterocycles. The van der Waals surface area contributed by atoms with Crippen molar-refractivity contribution in [1.29, 1.82) is 0 Å². The van der Waals surface area contributed by atoms with Crippen LogP contribution in [0, 0.1) is 5.41 Å². The summed E-state index contributed by atoms with van der Waals surface area (Å²) < 4.78 is 0. The van der Waals surface area contributed by atoms with Crippen LogP contribution in [0.2, 0.25) is 0 Å². The van der Waals surface area contributed by atoms with E-state index in [0.29, 0.717) is 5.75 Å². The van der Waals surface area contributed by atoms with Gasteiger partial charge >= 0.3 is 11.9 Å². The molecule has 0 bridgehead atoms. The summed E-state index contributed by atoms with van der Waals surface area (Å²) in [6.45, 7) is 6.21. The minimum Gasteiger partial charge on any atom is -0.481 e. The summed E-state index contributed by atoms with van der Waals surface area (Å²) in [4.78, 5) is 21.1. The molecule has 2 N–H and O–H groups in total. The van der Waals surface area contributed by atoms with Crippen LogP contribution in [0.25, 0.3) is 0 Å². The third kappa shape index (κ3) is 8.30. The maximum absolute atomic E-state index is 10.7. The molecule has 0 aromatic rings. The molecule has 15 heavy (non-hydrogen) atoms. The average Bonchev–Trinajstić information content (AvgIpc) is 1.99. The van der Waals surface area contributed by atoms with Gasteiger partial charge in [-0.25, -0.2) is 0 Å². The number of thioether (sulfide) groups is 1. The van der Waals surface area contributed by atoms with E-state index in [4.69, 9.17) is 10.2 Å². The van der Waals surface area contributed by atoms with Crippen LogP contribution in [0.4, 0.5) is 0 Å². The molecule has 0 saturated heterocycles. The second-order valence-corrected chi connectivity index (χ2v) is 5.92. The fraction of sp³-hybridized carbons (Fsp3) is 0.800. The zero-order valence-corrected chi connectivity index (χ0v) is 10.1. The normalized spacial score (nSPS) is 13.5. The molecule has 0 aromatic carbocycles. The van der Waals surface area contributed by atoms with Gasteiger partial charge in [0.1, 0.15) is 5.25 Å². The van der Waals surface area contributed by atoms with E-state index in [1.165, 1.54) is 11.8 Å². The lowest BCUT2D eigenvalue weighted by atomic mass is 9.94. The zero-order chi connectivity index (χ0) is 12.1.